The van der Waals surface area contributed by atoms with Crippen molar-refractivity contribution in [3.05, 3.63) is 23.8 Å². The summed E-state index contributed by atoms with van der Waals surface area (Å²) in [5, 5.41) is 12.2. The van der Waals surface area contributed by atoms with Crippen molar-refractivity contribution in [3.8, 4) is 0 Å². The zero-order valence-corrected chi connectivity index (χ0v) is 14.5. The van der Waals surface area contributed by atoms with Crippen LogP contribution in [0, 0.1) is 11.8 Å². The molecule has 0 spiro atoms. The predicted molar refractivity (Wildman–Crippen MR) is 92.7 cm³/mol. The molecule has 1 fully saturated rings. The molecule has 0 saturated heterocycles. The fraction of sp³-hybridized carbons (Fsp3) is 0.412. The molecule has 2 aromatic rings. The number of hydrogen-bond acceptors (Lipinski definition) is 6. The van der Waals surface area contributed by atoms with Crippen molar-refractivity contribution in [1.82, 2.24) is 4.98 Å². The second-order valence-corrected chi connectivity index (χ2v) is 6.99. The molecule has 1 saturated carbocycles. The van der Waals surface area contributed by atoms with E-state index in [1.165, 1.54) is 11.3 Å². The van der Waals surface area contributed by atoms with E-state index >= 15 is 0 Å². The predicted octanol–water partition coefficient (Wildman–Crippen LogP) is 2.91. The fourth-order valence-corrected chi connectivity index (χ4v) is 3.88. The quantitative estimate of drug-likeness (QED) is 0.792. The Kier molecular flexibility index (Phi) is 4.98. The number of anilines is 1. The molecule has 8 heteroatoms. The van der Waals surface area contributed by atoms with E-state index in [1.54, 1.807) is 25.1 Å². The van der Waals surface area contributed by atoms with Crippen LogP contribution < -0.4 is 5.32 Å². The first-order chi connectivity index (χ1) is 12.0. The Morgan fingerprint density at radius 1 is 1.32 bits per heavy atom. The van der Waals surface area contributed by atoms with E-state index in [0.717, 1.165) is 4.70 Å². The van der Waals surface area contributed by atoms with Crippen molar-refractivity contribution in [3.63, 3.8) is 0 Å². The average Bonchev–Trinajstić information content (AvgIpc) is 3.20. The molecule has 1 aromatic carbocycles. The number of fused-ring (bicyclic) bond motifs is 1. The molecule has 2 N–H and O–H groups in total. The number of amides is 1. The van der Waals surface area contributed by atoms with Crippen LogP contribution in [0.25, 0.3) is 10.2 Å². The molecule has 25 heavy (non-hydrogen) atoms. The molecule has 132 valence electrons. The fourth-order valence-electron chi connectivity index (χ4n) is 2.97. The summed E-state index contributed by atoms with van der Waals surface area (Å²) in [5.41, 5.74) is 1.12. The number of nitrogens with zero attached hydrogens (tertiary/aromatic N) is 1. The molecule has 7 nitrogen and oxygen atoms in total. The van der Waals surface area contributed by atoms with Crippen LogP contribution in [-0.4, -0.2) is 34.5 Å². The molecule has 1 heterocycles. The summed E-state index contributed by atoms with van der Waals surface area (Å²) in [6, 6.07) is 5.04. The van der Waals surface area contributed by atoms with Gasteiger partial charge in [0.15, 0.2) is 5.13 Å². The van der Waals surface area contributed by atoms with Gasteiger partial charge in [-0.15, -0.1) is 0 Å². The number of ether oxygens (including phenoxy) is 1. The first kappa shape index (κ1) is 17.3. The van der Waals surface area contributed by atoms with E-state index in [4.69, 9.17) is 9.84 Å². The molecule has 3 rings (SSSR count). The van der Waals surface area contributed by atoms with E-state index in [1.807, 2.05) is 0 Å². The van der Waals surface area contributed by atoms with E-state index in [-0.39, 0.29) is 11.8 Å². The summed E-state index contributed by atoms with van der Waals surface area (Å²) in [4.78, 5) is 39.4. The zero-order chi connectivity index (χ0) is 18.0. The second-order valence-electron chi connectivity index (χ2n) is 5.96. The molecular formula is C17H18N2O5S. The van der Waals surface area contributed by atoms with Gasteiger partial charge in [0.2, 0.25) is 5.91 Å². The lowest BCUT2D eigenvalue weighted by molar-refractivity contribution is -0.141. The van der Waals surface area contributed by atoms with E-state index in [0.29, 0.717) is 42.1 Å². The minimum absolute atomic E-state index is 0.201. The van der Waals surface area contributed by atoms with Crippen molar-refractivity contribution in [2.45, 2.75) is 26.2 Å². The van der Waals surface area contributed by atoms with Crippen LogP contribution in [-0.2, 0) is 14.3 Å². The number of carbonyl (C=O) groups is 3. The lowest BCUT2D eigenvalue weighted by atomic mass is 10.0. The Hall–Kier alpha value is -2.48. The maximum atomic E-state index is 12.3. The van der Waals surface area contributed by atoms with Crippen LogP contribution in [0.5, 0.6) is 0 Å². The van der Waals surface area contributed by atoms with Gasteiger partial charge in [-0.2, -0.15) is 0 Å². The Labute approximate surface area is 148 Å². The third-order valence-electron chi connectivity index (χ3n) is 4.28. The number of aromatic nitrogens is 1. The van der Waals surface area contributed by atoms with Crippen LogP contribution >= 0.6 is 11.3 Å². The Bertz CT molecular complexity index is 832. The number of carbonyl (C=O) groups excluding carboxylic acids is 2. The van der Waals surface area contributed by atoms with Gasteiger partial charge in [0.25, 0.3) is 0 Å². The summed E-state index contributed by atoms with van der Waals surface area (Å²) in [6.45, 7) is 2.05. The van der Waals surface area contributed by atoms with Crippen molar-refractivity contribution in [2.75, 3.05) is 11.9 Å². The number of esters is 1. The van der Waals surface area contributed by atoms with Gasteiger partial charge in [-0.1, -0.05) is 11.3 Å². The highest BCUT2D eigenvalue weighted by Crippen LogP contribution is 2.33. The number of carboxylic acids is 1. The minimum Gasteiger partial charge on any atom is -0.481 e. The molecule has 0 radical (unpaired) electrons. The van der Waals surface area contributed by atoms with Gasteiger partial charge in [-0.05, 0) is 44.4 Å². The first-order valence-electron chi connectivity index (χ1n) is 8.09. The standard InChI is InChI=1S/C17H18N2O5S/c1-2-24-16(23)11-5-6-12-13(8-11)25-17(18-12)19-14(20)9-3-4-10(7-9)15(21)22/h5-6,8-10H,2-4,7H2,1H3,(H,21,22)(H,18,19,20)/t9-,10+/m0/s1. The SMILES string of the molecule is CCOC(=O)c1ccc2nc(NC(=O)[C@H]3CC[C@@H](C(=O)O)C3)sc2c1. The zero-order valence-electron chi connectivity index (χ0n) is 13.7. The molecule has 1 aliphatic carbocycles. The number of benzene rings is 1. The second kappa shape index (κ2) is 7.18. The number of rotatable bonds is 5. The van der Waals surface area contributed by atoms with Gasteiger partial charge >= 0.3 is 11.9 Å². The topological polar surface area (TPSA) is 106 Å². The number of nitrogens with one attached hydrogen (secondary N) is 1. The molecular weight excluding hydrogens is 344 g/mol. The number of hydrogen-bond donors (Lipinski definition) is 2. The summed E-state index contributed by atoms with van der Waals surface area (Å²) in [5.74, 6) is -2.19. The van der Waals surface area contributed by atoms with Gasteiger partial charge in [0.05, 0.1) is 28.3 Å². The van der Waals surface area contributed by atoms with E-state index in [2.05, 4.69) is 10.3 Å². The first-order valence-corrected chi connectivity index (χ1v) is 8.91. The van der Waals surface area contributed by atoms with Crippen molar-refractivity contribution >= 4 is 44.5 Å². The van der Waals surface area contributed by atoms with E-state index in [9.17, 15) is 14.4 Å². The van der Waals surface area contributed by atoms with Gasteiger partial charge < -0.3 is 15.2 Å². The maximum absolute atomic E-state index is 12.3. The maximum Gasteiger partial charge on any atom is 0.338 e. The van der Waals surface area contributed by atoms with Crippen molar-refractivity contribution in [1.29, 1.82) is 0 Å². The average molecular weight is 362 g/mol. The molecule has 0 unspecified atom stereocenters. The third-order valence-corrected chi connectivity index (χ3v) is 5.22. The van der Waals surface area contributed by atoms with E-state index < -0.39 is 17.9 Å². The van der Waals surface area contributed by atoms with Crippen LogP contribution in [0.15, 0.2) is 18.2 Å². The highest BCUT2D eigenvalue weighted by molar-refractivity contribution is 7.22. The highest BCUT2D eigenvalue weighted by atomic mass is 32.1. The van der Waals surface area contributed by atoms with Crippen LogP contribution in [0.2, 0.25) is 0 Å². The summed E-state index contributed by atoms with van der Waals surface area (Å²) in [6.07, 6.45) is 1.45. The molecule has 1 amide bonds. The van der Waals surface area contributed by atoms with Gasteiger partial charge in [-0.25, -0.2) is 9.78 Å². The molecule has 2 atom stereocenters. The van der Waals surface area contributed by atoms with Gasteiger partial charge in [0, 0.05) is 5.92 Å². The normalized spacial score (nSPS) is 19.7. The van der Waals surface area contributed by atoms with Gasteiger partial charge in [0.1, 0.15) is 0 Å². The summed E-state index contributed by atoms with van der Waals surface area (Å²) in [7, 11) is 0. The third kappa shape index (κ3) is 3.79. The lowest BCUT2D eigenvalue weighted by Crippen LogP contribution is -2.21. The number of carboxylic acid groups (broad SMARTS) is 1. The summed E-state index contributed by atoms with van der Waals surface area (Å²) >= 11 is 1.27. The number of aliphatic carboxylic acids is 1. The van der Waals surface area contributed by atoms with Crippen molar-refractivity contribution in [2.24, 2.45) is 11.8 Å². The summed E-state index contributed by atoms with van der Waals surface area (Å²) < 4.78 is 5.75. The lowest BCUT2D eigenvalue weighted by Gasteiger charge is -2.08. The van der Waals surface area contributed by atoms with Crippen molar-refractivity contribution < 1.29 is 24.2 Å². The largest absolute Gasteiger partial charge is 0.481 e. The molecule has 0 aliphatic heterocycles. The van der Waals surface area contributed by atoms with Crippen LogP contribution in [0.3, 0.4) is 0 Å². The smallest absolute Gasteiger partial charge is 0.338 e. The molecule has 1 aliphatic rings. The van der Waals surface area contributed by atoms with Crippen LogP contribution in [0.1, 0.15) is 36.5 Å². The van der Waals surface area contributed by atoms with Crippen LogP contribution in [0.4, 0.5) is 5.13 Å². The number of thiazole rings is 1. The minimum atomic E-state index is -0.846. The molecule has 0 bridgehead atoms. The highest BCUT2D eigenvalue weighted by Gasteiger charge is 2.34. The Morgan fingerprint density at radius 3 is 2.76 bits per heavy atom. The molecule has 1 aromatic heterocycles. The Morgan fingerprint density at radius 2 is 2.08 bits per heavy atom. The Balaban J connectivity index is 1.71. The van der Waals surface area contributed by atoms with Gasteiger partial charge in [-0.3, -0.25) is 9.59 Å². The monoisotopic (exact) mass is 362 g/mol.